The summed E-state index contributed by atoms with van der Waals surface area (Å²) in [5.41, 5.74) is 8.36. The number of oxazole rings is 1. The van der Waals surface area contributed by atoms with Crippen LogP contribution in [0.2, 0.25) is 0 Å². The molecule has 0 unspecified atom stereocenters. The van der Waals surface area contributed by atoms with Crippen molar-refractivity contribution in [1.29, 1.82) is 0 Å². The van der Waals surface area contributed by atoms with E-state index in [0.717, 1.165) is 30.2 Å². The molecule has 0 radical (unpaired) electrons. The van der Waals surface area contributed by atoms with Crippen molar-refractivity contribution in [3.05, 3.63) is 53.2 Å². The van der Waals surface area contributed by atoms with Gasteiger partial charge in [-0.3, -0.25) is 4.79 Å². The van der Waals surface area contributed by atoms with Gasteiger partial charge in [0.05, 0.1) is 12.6 Å². The van der Waals surface area contributed by atoms with Crippen molar-refractivity contribution < 1.29 is 9.21 Å². The van der Waals surface area contributed by atoms with Crippen LogP contribution in [-0.4, -0.2) is 39.4 Å². The highest BCUT2D eigenvalue weighted by Crippen LogP contribution is 2.27. The minimum atomic E-state index is -0.525. The second-order valence-corrected chi connectivity index (χ2v) is 8.72. The Morgan fingerprint density at radius 3 is 2.77 bits per heavy atom. The fourth-order valence-electron chi connectivity index (χ4n) is 3.06. The molecule has 3 rings (SSSR count). The summed E-state index contributed by atoms with van der Waals surface area (Å²) in [4.78, 5) is 19.2. The standard InChI is InChI=1S/C20H27N3O2S/c1-20(2,26-3)18(21)19(24)23-12-11-16-15(13-23)22-17(25-16)10-9-14-7-5-4-6-8-14/h4-8,18H,9-13,21H2,1-3H3/t18-/m1/s1. The van der Waals surface area contributed by atoms with Crippen LogP contribution < -0.4 is 5.73 Å². The van der Waals surface area contributed by atoms with E-state index in [1.165, 1.54) is 5.56 Å². The first-order valence-electron chi connectivity index (χ1n) is 9.01. The van der Waals surface area contributed by atoms with Gasteiger partial charge in [-0.2, -0.15) is 11.8 Å². The molecule has 0 spiro atoms. The zero-order chi connectivity index (χ0) is 18.7. The van der Waals surface area contributed by atoms with E-state index in [-0.39, 0.29) is 10.7 Å². The van der Waals surface area contributed by atoms with E-state index in [0.29, 0.717) is 19.5 Å². The number of aromatic nitrogens is 1. The maximum Gasteiger partial charge on any atom is 0.241 e. The quantitative estimate of drug-likeness (QED) is 0.843. The van der Waals surface area contributed by atoms with Crippen LogP contribution in [0.3, 0.4) is 0 Å². The number of hydrogen-bond acceptors (Lipinski definition) is 5. The lowest BCUT2D eigenvalue weighted by Gasteiger charge is -2.34. The number of carbonyl (C=O) groups is 1. The predicted octanol–water partition coefficient (Wildman–Crippen LogP) is 2.81. The first-order valence-corrected chi connectivity index (χ1v) is 10.2. The summed E-state index contributed by atoms with van der Waals surface area (Å²) in [5.74, 6) is 1.65. The van der Waals surface area contributed by atoms with E-state index in [2.05, 4.69) is 17.1 Å². The molecule has 0 saturated heterocycles. The molecule has 1 aliphatic heterocycles. The molecule has 2 N–H and O–H groups in total. The Bertz CT molecular complexity index is 758. The summed E-state index contributed by atoms with van der Waals surface area (Å²) in [6.45, 7) is 5.14. The van der Waals surface area contributed by atoms with Crippen molar-refractivity contribution >= 4 is 17.7 Å². The molecule has 26 heavy (non-hydrogen) atoms. The highest BCUT2D eigenvalue weighted by molar-refractivity contribution is 8.00. The highest BCUT2D eigenvalue weighted by Gasteiger charge is 2.36. The fraction of sp³-hybridized carbons (Fsp3) is 0.500. The normalized spacial score (nSPS) is 15.6. The molecule has 0 fully saturated rings. The lowest BCUT2D eigenvalue weighted by atomic mass is 10.0. The largest absolute Gasteiger partial charge is 0.445 e. The van der Waals surface area contributed by atoms with Gasteiger partial charge in [-0.1, -0.05) is 30.3 Å². The molecule has 1 amide bonds. The van der Waals surface area contributed by atoms with Crippen LogP contribution in [0.4, 0.5) is 0 Å². The number of thioether (sulfide) groups is 1. The number of nitrogens with two attached hydrogens (primary N) is 1. The number of hydrogen-bond donors (Lipinski definition) is 1. The van der Waals surface area contributed by atoms with Crippen LogP contribution in [0.5, 0.6) is 0 Å². The molecule has 0 aliphatic carbocycles. The van der Waals surface area contributed by atoms with E-state index in [1.54, 1.807) is 11.8 Å². The van der Waals surface area contributed by atoms with E-state index in [9.17, 15) is 4.79 Å². The second-order valence-electron chi connectivity index (χ2n) is 7.26. The van der Waals surface area contributed by atoms with Gasteiger partial charge in [0.25, 0.3) is 0 Å². The molecule has 6 heteroatoms. The third kappa shape index (κ3) is 4.13. The first-order chi connectivity index (χ1) is 12.4. The van der Waals surface area contributed by atoms with Gasteiger partial charge in [0.1, 0.15) is 11.5 Å². The van der Waals surface area contributed by atoms with Gasteiger partial charge in [0, 0.05) is 24.1 Å². The van der Waals surface area contributed by atoms with Crippen molar-refractivity contribution in [3.63, 3.8) is 0 Å². The van der Waals surface area contributed by atoms with Gasteiger partial charge in [0.2, 0.25) is 5.91 Å². The number of fused-ring (bicyclic) bond motifs is 1. The summed E-state index contributed by atoms with van der Waals surface area (Å²) < 4.78 is 5.63. The average Bonchev–Trinajstić information content (AvgIpc) is 3.08. The van der Waals surface area contributed by atoms with Crippen molar-refractivity contribution in [2.45, 2.75) is 50.4 Å². The van der Waals surface area contributed by atoms with E-state index in [4.69, 9.17) is 10.2 Å². The lowest BCUT2D eigenvalue weighted by Crippen LogP contribution is -2.54. The number of aryl methyl sites for hydroxylation is 2. The maximum atomic E-state index is 12.8. The molecule has 0 bridgehead atoms. The monoisotopic (exact) mass is 373 g/mol. The Kier molecular flexibility index (Phi) is 5.73. The third-order valence-corrected chi connectivity index (χ3v) is 6.40. The summed E-state index contributed by atoms with van der Waals surface area (Å²) >= 11 is 1.62. The number of benzene rings is 1. The summed E-state index contributed by atoms with van der Waals surface area (Å²) in [6.07, 6.45) is 4.35. The average molecular weight is 374 g/mol. The predicted molar refractivity (Wildman–Crippen MR) is 105 cm³/mol. The molecule has 0 saturated carbocycles. The Labute approximate surface area is 159 Å². The molecule has 140 valence electrons. The minimum Gasteiger partial charge on any atom is -0.445 e. The summed E-state index contributed by atoms with van der Waals surface area (Å²) in [7, 11) is 0. The maximum absolute atomic E-state index is 12.8. The van der Waals surface area contributed by atoms with Gasteiger partial charge in [-0.05, 0) is 32.1 Å². The first kappa shape index (κ1) is 19.0. The smallest absolute Gasteiger partial charge is 0.241 e. The molecule has 2 aromatic rings. The van der Waals surface area contributed by atoms with Gasteiger partial charge in [-0.25, -0.2) is 4.98 Å². The molecule has 1 aromatic carbocycles. The van der Waals surface area contributed by atoms with Crippen LogP contribution in [-0.2, 0) is 30.6 Å². The molecular weight excluding hydrogens is 346 g/mol. The Balaban J connectivity index is 1.64. The molecule has 1 aliphatic rings. The fourth-order valence-corrected chi connectivity index (χ4v) is 3.42. The van der Waals surface area contributed by atoms with Crippen LogP contribution >= 0.6 is 11.8 Å². The van der Waals surface area contributed by atoms with Crippen LogP contribution in [0.1, 0.15) is 36.8 Å². The van der Waals surface area contributed by atoms with Gasteiger partial charge in [-0.15, -0.1) is 0 Å². The van der Waals surface area contributed by atoms with E-state index in [1.807, 2.05) is 43.2 Å². The molecule has 1 aromatic heterocycles. The van der Waals surface area contributed by atoms with Gasteiger partial charge in [0.15, 0.2) is 5.89 Å². The van der Waals surface area contributed by atoms with Gasteiger partial charge < -0.3 is 15.1 Å². The minimum absolute atomic E-state index is 0.0103. The Morgan fingerprint density at radius 2 is 2.08 bits per heavy atom. The summed E-state index contributed by atoms with van der Waals surface area (Å²) in [6, 6.07) is 9.79. The van der Waals surface area contributed by atoms with Crippen LogP contribution in [0.15, 0.2) is 34.7 Å². The van der Waals surface area contributed by atoms with E-state index >= 15 is 0 Å². The number of rotatable bonds is 6. The topological polar surface area (TPSA) is 72.4 Å². The van der Waals surface area contributed by atoms with Crippen LogP contribution in [0.25, 0.3) is 0 Å². The SMILES string of the molecule is CSC(C)(C)[C@H](N)C(=O)N1CCc2oc(CCc3ccccc3)nc2C1. The molecule has 1 atom stereocenters. The third-order valence-electron chi connectivity index (χ3n) is 5.10. The Hall–Kier alpha value is -1.79. The van der Waals surface area contributed by atoms with Gasteiger partial charge >= 0.3 is 0 Å². The second kappa shape index (κ2) is 7.84. The molecule has 2 heterocycles. The zero-order valence-corrected chi connectivity index (χ0v) is 16.5. The Morgan fingerprint density at radius 1 is 1.35 bits per heavy atom. The van der Waals surface area contributed by atoms with Crippen LogP contribution in [0, 0.1) is 0 Å². The number of amides is 1. The van der Waals surface area contributed by atoms with Crippen molar-refractivity contribution in [2.24, 2.45) is 5.73 Å². The zero-order valence-electron chi connectivity index (χ0n) is 15.7. The van der Waals surface area contributed by atoms with Crippen molar-refractivity contribution in [2.75, 3.05) is 12.8 Å². The summed E-state index contributed by atoms with van der Waals surface area (Å²) in [5, 5.41) is 0. The number of nitrogens with zero attached hydrogens (tertiary/aromatic N) is 2. The lowest BCUT2D eigenvalue weighted by molar-refractivity contribution is -0.134. The molecular formula is C20H27N3O2S. The van der Waals surface area contributed by atoms with Crippen molar-refractivity contribution in [1.82, 2.24) is 9.88 Å². The number of carbonyl (C=O) groups excluding carboxylic acids is 1. The highest BCUT2D eigenvalue weighted by atomic mass is 32.2. The molecule has 5 nitrogen and oxygen atoms in total. The van der Waals surface area contributed by atoms with Crippen molar-refractivity contribution in [3.8, 4) is 0 Å². The van der Waals surface area contributed by atoms with E-state index < -0.39 is 6.04 Å².